The molecule has 13 heteroatoms. The van der Waals surface area contributed by atoms with Gasteiger partial charge in [-0.3, -0.25) is 0 Å². The predicted molar refractivity (Wildman–Crippen MR) is 121 cm³/mol. The van der Waals surface area contributed by atoms with E-state index in [2.05, 4.69) is 32.0 Å². The van der Waals surface area contributed by atoms with Gasteiger partial charge in [-0.2, -0.15) is 5.26 Å². The van der Waals surface area contributed by atoms with Gasteiger partial charge in [0.05, 0.1) is 12.3 Å². The molecule has 2 fully saturated rings. The maximum Gasteiger partial charge on any atom is 0.154 e. The number of nitrogens with zero attached hydrogens (tertiary/aromatic N) is 4. The van der Waals surface area contributed by atoms with Gasteiger partial charge < -0.3 is 25.0 Å². The molecular formula is C18H18BrClN6O3S2. The van der Waals surface area contributed by atoms with Crippen LogP contribution in [0.25, 0.3) is 5.70 Å². The normalized spacial score (nSPS) is 27.8. The van der Waals surface area contributed by atoms with Crippen LogP contribution in [0, 0.1) is 11.3 Å². The molecule has 0 amide bonds. The summed E-state index contributed by atoms with van der Waals surface area (Å²) < 4.78 is 18.5. The fourth-order valence-corrected chi connectivity index (χ4v) is 6.02. The van der Waals surface area contributed by atoms with Crippen molar-refractivity contribution in [2.75, 3.05) is 13.7 Å². The average Bonchev–Trinajstić information content (AvgIpc) is 3.16. The highest BCUT2D eigenvalue weighted by Crippen LogP contribution is 2.41. The Morgan fingerprint density at radius 2 is 2.39 bits per heavy atom. The Morgan fingerprint density at radius 3 is 3.00 bits per heavy atom. The third-order valence-electron chi connectivity index (χ3n) is 4.87. The van der Waals surface area contributed by atoms with E-state index < -0.39 is 11.5 Å². The molecule has 4 N–H and O–H groups in total. The van der Waals surface area contributed by atoms with Crippen LogP contribution < -0.4 is 11.6 Å². The third-order valence-corrected chi connectivity index (χ3v) is 7.69. The summed E-state index contributed by atoms with van der Waals surface area (Å²) >= 11 is 12.0. The van der Waals surface area contributed by atoms with Gasteiger partial charge in [-0.15, -0.1) is 11.3 Å². The number of hydrazine groups is 1. The van der Waals surface area contributed by atoms with Crippen molar-refractivity contribution in [3.63, 3.8) is 0 Å². The maximum atomic E-state index is 9.42. The summed E-state index contributed by atoms with van der Waals surface area (Å²) in [5.41, 5.74) is 6.42. The lowest BCUT2D eigenvalue weighted by Gasteiger charge is -2.53. The average molecular weight is 546 g/mol. The van der Waals surface area contributed by atoms with Crippen LogP contribution in [0.15, 0.2) is 33.2 Å². The number of nitriles is 1. The molecule has 4 heterocycles. The number of ether oxygens (including phenoxy) is 3. The largest absolute Gasteiger partial charge is 0.395 e. The first kappa shape index (κ1) is 22.8. The van der Waals surface area contributed by atoms with Crippen LogP contribution in [0.4, 0.5) is 0 Å². The SMILES string of the molecule is COC1C(Sc2cc(Br)cnc2C#N)OC2COC2C1N(N)/C=C(\N)c1nc(Cl)cs1. The van der Waals surface area contributed by atoms with E-state index in [0.717, 1.165) is 4.47 Å². The van der Waals surface area contributed by atoms with Gasteiger partial charge in [0.15, 0.2) is 5.69 Å². The van der Waals surface area contributed by atoms with Crippen LogP contribution in [-0.4, -0.2) is 58.5 Å². The molecule has 4 rings (SSSR count). The lowest BCUT2D eigenvalue weighted by molar-refractivity contribution is -0.272. The smallest absolute Gasteiger partial charge is 0.154 e. The number of thioether (sulfide) groups is 1. The molecule has 0 aliphatic carbocycles. The van der Waals surface area contributed by atoms with Crippen molar-refractivity contribution in [3.8, 4) is 6.07 Å². The number of methoxy groups -OCH3 is 1. The Morgan fingerprint density at radius 1 is 1.58 bits per heavy atom. The number of thiazole rings is 1. The molecule has 2 saturated heterocycles. The first-order chi connectivity index (χ1) is 14.9. The molecule has 5 atom stereocenters. The summed E-state index contributed by atoms with van der Waals surface area (Å²) in [6.45, 7) is 0.450. The van der Waals surface area contributed by atoms with Gasteiger partial charge in [0.1, 0.15) is 46.0 Å². The van der Waals surface area contributed by atoms with Gasteiger partial charge in [-0.05, 0) is 22.0 Å². The van der Waals surface area contributed by atoms with E-state index in [9.17, 15) is 5.26 Å². The van der Waals surface area contributed by atoms with Crippen molar-refractivity contribution in [1.82, 2.24) is 15.0 Å². The van der Waals surface area contributed by atoms with E-state index in [-0.39, 0.29) is 18.2 Å². The Kier molecular flexibility index (Phi) is 7.04. The molecule has 164 valence electrons. The van der Waals surface area contributed by atoms with Crippen molar-refractivity contribution >= 4 is 56.3 Å². The molecular weight excluding hydrogens is 528 g/mol. The van der Waals surface area contributed by atoms with E-state index in [0.29, 0.717) is 33.1 Å². The van der Waals surface area contributed by atoms with Gasteiger partial charge in [-0.25, -0.2) is 15.8 Å². The highest BCUT2D eigenvalue weighted by atomic mass is 79.9. The second-order valence-corrected chi connectivity index (χ2v) is 10.1. The number of pyridine rings is 1. The van der Waals surface area contributed by atoms with Crippen molar-refractivity contribution in [2.45, 2.75) is 34.7 Å². The summed E-state index contributed by atoms with van der Waals surface area (Å²) in [6.07, 6.45) is 2.25. The molecule has 9 nitrogen and oxygen atoms in total. The Hall–Kier alpha value is -1.43. The van der Waals surface area contributed by atoms with E-state index in [1.165, 1.54) is 28.1 Å². The molecule has 0 radical (unpaired) electrons. The van der Waals surface area contributed by atoms with E-state index in [4.69, 9.17) is 37.4 Å². The number of aromatic nitrogens is 2. The van der Waals surface area contributed by atoms with Crippen LogP contribution in [0.3, 0.4) is 0 Å². The van der Waals surface area contributed by atoms with E-state index >= 15 is 0 Å². The topological polar surface area (TPSA) is 133 Å². The van der Waals surface area contributed by atoms with Crippen molar-refractivity contribution in [1.29, 1.82) is 5.26 Å². The Labute approximate surface area is 200 Å². The first-order valence-electron chi connectivity index (χ1n) is 9.05. The first-order valence-corrected chi connectivity index (χ1v) is 12.0. The number of halogens is 2. The quantitative estimate of drug-likeness (QED) is 0.412. The summed E-state index contributed by atoms with van der Waals surface area (Å²) in [5, 5.41) is 13.5. The number of nitrogens with two attached hydrogens (primary N) is 2. The second kappa shape index (κ2) is 9.60. The number of hydrogen-bond acceptors (Lipinski definition) is 11. The zero-order valence-corrected chi connectivity index (χ0v) is 20.1. The van der Waals surface area contributed by atoms with Gasteiger partial charge in [0.2, 0.25) is 0 Å². The van der Waals surface area contributed by atoms with Gasteiger partial charge in [0.25, 0.3) is 0 Å². The Balaban J connectivity index is 1.60. The summed E-state index contributed by atoms with van der Waals surface area (Å²) in [4.78, 5) is 9.01. The molecule has 2 aliphatic heterocycles. The molecule has 0 aromatic carbocycles. The predicted octanol–water partition coefficient (Wildman–Crippen LogP) is 2.56. The highest BCUT2D eigenvalue weighted by molar-refractivity contribution is 9.10. The van der Waals surface area contributed by atoms with E-state index in [1.54, 1.807) is 24.9 Å². The van der Waals surface area contributed by atoms with Gasteiger partial charge in [0, 0.05) is 34.3 Å². The lowest BCUT2D eigenvalue weighted by atomic mass is 9.93. The summed E-state index contributed by atoms with van der Waals surface area (Å²) in [5.74, 6) is 6.41. The number of rotatable bonds is 6. The zero-order valence-electron chi connectivity index (χ0n) is 16.1. The summed E-state index contributed by atoms with van der Waals surface area (Å²) in [6, 6.07) is 3.56. The van der Waals surface area contributed by atoms with E-state index in [1.807, 2.05) is 6.07 Å². The molecule has 2 aliphatic rings. The highest BCUT2D eigenvalue weighted by Gasteiger charge is 2.53. The van der Waals surface area contributed by atoms with Crippen LogP contribution in [0.2, 0.25) is 5.15 Å². The van der Waals surface area contributed by atoms with Crippen LogP contribution in [0.1, 0.15) is 10.7 Å². The third kappa shape index (κ3) is 4.69. The minimum Gasteiger partial charge on any atom is -0.395 e. The van der Waals surface area contributed by atoms with Crippen LogP contribution >= 0.6 is 50.6 Å². The van der Waals surface area contributed by atoms with Gasteiger partial charge in [-0.1, -0.05) is 23.4 Å². The number of fused-ring (bicyclic) bond motifs is 1. The molecule has 2 aromatic rings. The molecule has 2 aromatic heterocycles. The summed E-state index contributed by atoms with van der Waals surface area (Å²) in [7, 11) is 1.58. The van der Waals surface area contributed by atoms with Gasteiger partial charge >= 0.3 is 0 Å². The van der Waals surface area contributed by atoms with Crippen molar-refractivity contribution < 1.29 is 14.2 Å². The second-order valence-electron chi connectivity index (χ2n) is 6.77. The lowest BCUT2D eigenvalue weighted by Crippen LogP contribution is -2.70. The minimum absolute atomic E-state index is 0.158. The monoisotopic (exact) mass is 544 g/mol. The Bertz CT molecular complexity index is 1030. The van der Waals surface area contributed by atoms with Crippen LogP contribution in [-0.2, 0) is 14.2 Å². The van der Waals surface area contributed by atoms with Crippen molar-refractivity contribution in [2.24, 2.45) is 11.6 Å². The minimum atomic E-state index is -0.481. The molecule has 31 heavy (non-hydrogen) atoms. The zero-order chi connectivity index (χ0) is 22.1. The molecule has 5 unspecified atom stereocenters. The number of hydrogen-bond donors (Lipinski definition) is 2. The fraction of sp³-hybridized carbons (Fsp3) is 0.389. The standard InChI is InChI=1S/C18H18BrClN6O3S2/c1-27-16-14(26(23)5-9(22)17-25-13(20)7-30-17)15-11(6-28-15)29-18(16)31-12-2-8(19)4-24-10(12)3-21/h2,4-5,7,11,14-16,18H,6,22-23H2,1H3/b9-5-. The molecule has 0 bridgehead atoms. The fourth-order valence-electron chi connectivity index (χ4n) is 3.41. The van der Waals surface area contributed by atoms with Crippen LogP contribution in [0.5, 0.6) is 0 Å². The van der Waals surface area contributed by atoms with Crippen molar-refractivity contribution in [3.05, 3.63) is 44.2 Å². The molecule has 0 saturated carbocycles. The maximum absolute atomic E-state index is 9.42. The molecule has 0 spiro atoms.